The van der Waals surface area contributed by atoms with E-state index in [0.717, 1.165) is 27.0 Å². The Hall–Kier alpha value is 0.250. The van der Waals surface area contributed by atoms with Gasteiger partial charge in [0.05, 0.1) is 20.8 Å². The second-order valence-electron chi connectivity index (χ2n) is 3.68. The molecule has 0 fully saturated rings. The van der Waals surface area contributed by atoms with Crippen molar-refractivity contribution in [2.45, 2.75) is 19.8 Å². The van der Waals surface area contributed by atoms with Crippen molar-refractivity contribution in [1.29, 1.82) is 0 Å². The predicted molar refractivity (Wildman–Crippen MR) is 80.6 cm³/mol. The lowest BCUT2D eigenvalue weighted by molar-refractivity contribution is 0.0432. The van der Waals surface area contributed by atoms with Crippen LogP contribution in [0, 0.1) is 0 Å². The lowest BCUT2D eigenvalue weighted by Gasteiger charge is -2.04. The number of thiophene rings is 1. The first-order chi connectivity index (χ1) is 8.65. The minimum absolute atomic E-state index is 0.0163. The first kappa shape index (κ1) is 16.3. The molecule has 1 aromatic heterocycles. The third-order valence-corrected chi connectivity index (χ3v) is 4.54. The van der Waals surface area contributed by atoms with Crippen LogP contribution >= 0.6 is 43.2 Å². The molecule has 6 heteroatoms. The van der Waals surface area contributed by atoms with Gasteiger partial charge in [0.2, 0.25) is 0 Å². The summed E-state index contributed by atoms with van der Waals surface area (Å²) in [5.41, 5.74) is 0.666. The van der Waals surface area contributed by atoms with Crippen molar-refractivity contribution in [3.8, 4) is 0 Å². The van der Waals surface area contributed by atoms with E-state index in [1.165, 1.54) is 11.3 Å². The third kappa shape index (κ3) is 5.93. The van der Waals surface area contributed by atoms with E-state index >= 15 is 0 Å². The molecule has 0 aromatic carbocycles. The number of Topliss-reactive ketones (excluding diaryl/α,β-unsaturated/α-hetero) is 1. The highest BCUT2D eigenvalue weighted by Gasteiger charge is 2.13. The Balaban J connectivity index is 2.16. The quantitative estimate of drug-likeness (QED) is 0.459. The van der Waals surface area contributed by atoms with Gasteiger partial charge < -0.3 is 9.47 Å². The molecular weight excluding hydrogens is 384 g/mol. The van der Waals surface area contributed by atoms with E-state index in [9.17, 15) is 4.79 Å². The van der Waals surface area contributed by atoms with Gasteiger partial charge in [-0.3, -0.25) is 4.79 Å². The Bertz CT molecular complexity index is 379. The van der Waals surface area contributed by atoms with Gasteiger partial charge in [-0.25, -0.2) is 0 Å². The molecule has 0 spiro atoms. The summed E-state index contributed by atoms with van der Waals surface area (Å²) in [6.45, 7) is 3.98. The van der Waals surface area contributed by atoms with Crippen molar-refractivity contribution in [3.05, 3.63) is 19.2 Å². The van der Waals surface area contributed by atoms with Crippen LogP contribution in [-0.2, 0) is 9.47 Å². The lowest BCUT2D eigenvalue weighted by atomic mass is 10.2. The molecule has 0 saturated carbocycles. The largest absolute Gasteiger partial charge is 0.379 e. The summed E-state index contributed by atoms with van der Waals surface area (Å²) >= 11 is 8.18. The zero-order chi connectivity index (χ0) is 13.4. The number of unbranched alkanes of at least 4 members (excludes halogenated alkanes) is 1. The number of ketones is 1. The molecule has 0 atom stereocenters. The average Bonchev–Trinajstić information content (AvgIpc) is 2.67. The fourth-order valence-electron chi connectivity index (χ4n) is 1.24. The maximum Gasteiger partial charge on any atom is 0.190 e. The number of carbonyl (C=O) groups is 1. The fourth-order valence-corrected chi connectivity index (χ4v) is 4.09. The summed E-state index contributed by atoms with van der Waals surface area (Å²) in [5, 5.41) is 0. The Morgan fingerprint density at radius 3 is 2.61 bits per heavy atom. The smallest absolute Gasteiger partial charge is 0.190 e. The van der Waals surface area contributed by atoms with E-state index in [1.54, 1.807) is 6.07 Å². The normalized spacial score (nSPS) is 10.8. The van der Waals surface area contributed by atoms with Crippen LogP contribution in [0.1, 0.15) is 30.1 Å². The Kier molecular flexibility index (Phi) is 8.33. The van der Waals surface area contributed by atoms with E-state index in [4.69, 9.17) is 9.47 Å². The highest BCUT2D eigenvalue weighted by molar-refractivity contribution is 9.12. The molecule has 0 radical (unpaired) electrons. The molecule has 0 aliphatic rings. The van der Waals surface area contributed by atoms with Crippen molar-refractivity contribution in [2.75, 3.05) is 26.4 Å². The molecule has 18 heavy (non-hydrogen) atoms. The van der Waals surface area contributed by atoms with Crippen LogP contribution in [0.2, 0.25) is 0 Å². The number of hydrogen-bond donors (Lipinski definition) is 0. The topological polar surface area (TPSA) is 35.5 Å². The zero-order valence-electron chi connectivity index (χ0n) is 10.2. The van der Waals surface area contributed by atoms with Gasteiger partial charge in [-0.15, -0.1) is 11.3 Å². The molecule has 0 aliphatic carbocycles. The highest BCUT2D eigenvalue weighted by Crippen LogP contribution is 2.32. The van der Waals surface area contributed by atoms with Gasteiger partial charge in [-0.05, 0) is 44.3 Å². The van der Waals surface area contributed by atoms with E-state index in [-0.39, 0.29) is 12.4 Å². The minimum Gasteiger partial charge on any atom is -0.379 e. The first-order valence-corrected chi connectivity index (χ1v) is 8.19. The summed E-state index contributed by atoms with van der Waals surface area (Å²) in [4.78, 5) is 11.8. The summed E-state index contributed by atoms with van der Waals surface area (Å²) in [6, 6.07) is 1.80. The second kappa shape index (κ2) is 9.20. The Morgan fingerprint density at radius 2 is 2.00 bits per heavy atom. The maximum atomic E-state index is 11.8. The molecule has 0 N–H and O–H groups in total. The van der Waals surface area contributed by atoms with Gasteiger partial charge in [0.15, 0.2) is 5.78 Å². The number of carbonyl (C=O) groups excluding carboxylic acids is 1. The summed E-state index contributed by atoms with van der Waals surface area (Å²) in [7, 11) is 0. The number of rotatable bonds is 9. The Morgan fingerprint density at radius 1 is 1.28 bits per heavy atom. The average molecular weight is 400 g/mol. The standard InChI is InChI=1S/C12H16Br2O3S/c1-2-3-4-16-5-6-17-8-10(15)9-7-11(13)18-12(9)14/h7H,2-6,8H2,1H3. The molecule has 0 bridgehead atoms. The monoisotopic (exact) mass is 398 g/mol. The number of halogens is 2. The van der Waals surface area contributed by atoms with Gasteiger partial charge in [0.1, 0.15) is 6.61 Å². The molecular formula is C12H16Br2O3S. The van der Waals surface area contributed by atoms with Crippen LogP contribution in [0.4, 0.5) is 0 Å². The van der Waals surface area contributed by atoms with Crippen molar-refractivity contribution >= 4 is 49.0 Å². The molecule has 1 heterocycles. The van der Waals surface area contributed by atoms with Gasteiger partial charge in [-0.1, -0.05) is 13.3 Å². The molecule has 0 unspecified atom stereocenters. The highest BCUT2D eigenvalue weighted by atomic mass is 79.9. The van der Waals surface area contributed by atoms with Crippen LogP contribution in [0.5, 0.6) is 0 Å². The van der Waals surface area contributed by atoms with Crippen LogP contribution in [-0.4, -0.2) is 32.2 Å². The van der Waals surface area contributed by atoms with Crippen LogP contribution < -0.4 is 0 Å². The molecule has 102 valence electrons. The molecule has 1 rings (SSSR count). The van der Waals surface area contributed by atoms with Crippen molar-refractivity contribution in [1.82, 2.24) is 0 Å². The third-order valence-electron chi connectivity index (χ3n) is 2.20. The lowest BCUT2D eigenvalue weighted by Crippen LogP contribution is -2.12. The SMILES string of the molecule is CCCCOCCOCC(=O)c1cc(Br)sc1Br. The fraction of sp³-hybridized carbons (Fsp3) is 0.583. The van der Waals surface area contributed by atoms with Crippen molar-refractivity contribution in [2.24, 2.45) is 0 Å². The minimum atomic E-state index is -0.0163. The van der Waals surface area contributed by atoms with Gasteiger partial charge in [0.25, 0.3) is 0 Å². The van der Waals surface area contributed by atoms with E-state index in [0.29, 0.717) is 18.8 Å². The van der Waals surface area contributed by atoms with Gasteiger partial charge in [0, 0.05) is 12.2 Å². The number of hydrogen-bond acceptors (Lipinski definition) is 4. The van der Waals surface area contributed by atoms with Crippen LogP contribution in [0.15, 0.2) is 13.6 Å². The van der Waals surface area contributed by atoms with Crippen molar-refractivity contribution in [3.63, 3.8) is 0 Å². The summed E-state index contributed by atoms with van der Waals surface area (Å²) in [5.74, 6) is -0.0163. The second-order valence-corrected chi connectivity index (χ2v) is 7.43. The molecule has 3 nitrogen and oxygen atoms in total. The van der Waals surface area contributed by atoms with Crippen LogP contribution in [0.3, 0.4) is 0 Å². The van der Waals surface area contributed by atoms with E-state index in [1.807, 2.05) is 0 Å². The molecule has 1 aromatic rings. The Labute approximate surface area is 128 Å². The molecule has 0 aliphatic heterocycles. The van der Waals surface area contributed by atoms with E-state index < -0.39 is 0 Å². The predicted octanol–water partition coefficient (Wildman–Crippen LogP) is 4.29. The first-order valence-electron chi connectivity index (χ1n) is 5.78. The van der Waals surface area contributed by atoms with Crippen molar-refractivity contribution < 1.29 is 14.3 Å². The van der Waals surface area contributed by atoms with E-state index in [2.05, 4.69) is 38.8 Å². The summed E-state index contributed by atoms with van der Waals surface area (Å²) in [6.07, 6.45) is 2.19. The van der Waals surface area contributed by atoms with Gasteiger partial charge >= 0.3 is 0 Å². The molecule has 0 amide bonds. The van der Waals surface area contributed by atoms with Gasteiger partial charge in [-0.2, -0.15) is 0 Å². The maximum absolute atomic E-state index is 11.8. The number of ether oxygens (including phenoxy) is 2. The summed E-state index contributed by atoms with van der Waals surface area (Å²) < 4.78 is 12.4. The molecule has 0 saturated heterocycles. The zero-order valence-corrected chi connectivity index (χ0v) is 14.2. The van der Waals surface area contributed by atoms with Crippen LogP contribution in [0.25, 0.3) is 0 Å².